The lowest BCUT2D eigenvalue weighted by Gasteiger charge is -2.18. The van der Waals surface area contributed by atoms with E-state index in [-0.39, 0.29) is 10.5 Å². The predicted molar refractivity (Wildman–Crippen MR) is 65.4 cm³/mol. The van der Waals surface area contributed by atoms with E-state index in [4.69, 9.17) is 5.11 Å². The van der Waals surface area contributed by atoms with Crippen molar-refractivity contribution in [2.75, 3.05) is 0 Å². The molecule has 0 spiro atoms. The SMILES string of the molecule is Cc1cc(SC(C)(C)C(=O)O)c([N+](=O)[O-])cc1F. The van der Waals surface area contributed by atoms with Gasteiger partial charge >= 0.3 is 5.97 Å². The minimum atomic E-state index is -1.23. The van der Waals surface area contributed by atoms with Crippen LogP contribution in [0.2, 0.25) is 0 Å². The maximum atomic E-state index is 13.3. The van der Waals surface area contributed by atoms with Gasteiger partial charge < -0.3 is 5.11 Å². The van der Waals surface area contributed by atoms with E-state index in [2.05, 4.69) is 0 Å². The van der Waals surface area contributed by atoms with Crippen LogP contribution in [0, 0.1) is 22.9 Å². The van der Waals surface area contributed by atoms with Crippen molar-refractivity contribution in [3.05, 3.63) is 33.6 Å². The first-order valence-electron chi connectivity index (χ1n) is 5.02. The zero-order valence-corrected chi connectivity index (χ0v) is 10.9. The second kappa shape index (κ2) is 4.93. The molecular weight excluding hydrogens is 261 g/mol. The number of nitro groups is 1. The monoisotopic (exact) mass is 273 g/mol. The van der Waals surface area contributed by atoms with Gasteiger partial charge in [-0.1, -0.05) is 0 Å². The first kappa shape index (κ1) is 14.4. The number of carboxylic acid groups (broad SMARTS) is 1. The van der Waals surface area contributed by atoms with Gasteiger partial charge in [-0.3, -0.25) is 14.9 Å². The summed E-state index contributed by atoms with van der Waals surface area (Å²) in [6.07, 6.45) is 0. The summed E-state index contributed by atoms with van der Waals surface area (Å²) in [5, 5.41) is 19.8. The van der Waals surface area contributed by atoms with Crippen molar-refractivity contribution in [2.24, 2.45) is 0 Å². The fourth-order valence-electron chi connectivity index (χ4n) is 1.19. The fraction of sp³-hybridized carbons (Fsp3) is 0.364. The molecule has 0 heterocycles. The summed E-state index contributed by atoms with van der Waals surface area (Å²) >= 11 is 0.824. The molecule has 0 aliphatic rings. The molecule has 1 N–H and O–H groups in total. The van der Waals surface area contributed by atoms with Gasteiger partial charge in [0.25, 0.3) is 5.69 Å². The number of aryl methyl sites for hydroxylation is 1. The zero-order valence-electron chi connectivity index (χ0n) is 10.1. The van der Waals surface area contributed by atoms with E-state index >= 15 is 0 Å². The van der Waals surface area contributed by atoms with E-state index in [1.54, 1.807) is 0 Å². The molecule has 0 saturated carbocycles. The minimum absolute atomic E-state index is 0.145. The first-order chi connectivity index (χ1) is 8.15. The van der Waals surface area contributed by atoms with E-state index in [1.165, 1.54) is 26.8 Å². The normalized spacial score (nSPS) is 11.3. The Morgan fingerprint density at radius 1 is 1.50 bits per heavy atom. The summed E-state index contributed by atoms with van der Waals surface area (Å²) in [5.41, 5.74) is -0.179. The van der Waals surface area contributed by atoms with Crippen molar-refractivity contribution in [2.45, 2.75) is 30.4 Å². The molecule has 7 heteroatoms. The number of benzene rings is 1. The molecule has 0 unspecified atom stereocenters. The number of aliphatic carboxylic acids is 1. The molecule has 0 atom stereocenters. The Balaban J connectivity index is 3.27. The van der Waals surface area contributed by atoms with Crippen molar-refractivity contribution in [3.63, 3.8) is 0 Å². The lowest BCUT2D eigenvalue weighted by molar-refractivity contribution is -0.387. The Morgan fingerprint density at radius 2 is 2.06 bits per heavy atom. The second-order valence-corrected chi connectivity index (χ2v) is 5.91. The molecular formula is C11H12FNO4S. The van der Waals surface area contributed by atoms with E-state index in [0.29, 0.717) is 0 Å². The second-order valence-electron chi connectivity index (χ2n) is 4.24. The largest absolute Gasteiger partial charge is 0.480 e. The number of hydrogen-bond donors (Lipinski definition) is 1. The van der Waals surface area contributed by atoms with Crippen LogP contribution in [-0.4, -0.2) is 20.7 Å². The third-order valence-corrected chi connectivity index (χ3v) is 3.55. The Hall–Kier alpha value is -1.63. The van der Waals surface area contributed by atoms with Crippen LogP contribution in [-0.2, 0) is 4.79 Å². The average molecular weight is 273 g/mol. The molecule has 0 aliphatic heterocycles. The van der Waals surface area contributed by atoms with Gasteiger partial charge in [-0.05, 0) is 32.4 Å². The topological polar surface area (TPSA) is 80.4 Å². The third kappa shape index (κ3) is 2.98. The summed E-state index contributed by atoms with van der Waals surface area (Å²) in [6, 6.07) is 2.11. The maximum absolute atomic E-state index is 13.3. The zero-order chi connectivity index (χ0) is 14.1. The lowest BCUT2D eigenvalue weighted by Crippen LogP contribution is -2.27. The van der Waals surface area contributed by atoms with E-state index in [1.807, 2.05) is 0 Å². The number of halogens is 1. The van der Waals surface area contributed by atoms with Crippen LogP contribution in [0.25, 0.3) is 0 Å². The van der Waals surface area contributed by atoms with E-state index in [9.17, 15) is 19.3 Å². The molecule has 1 aromatic rings. The van der Waals surface area contributed by atoms with Gasteiger partial charge in [-0.25, -0.2) is 4.39 Å². The van der Waals surface area contributed by atoms with Gasteiger partial charge in [-0.2, -0.15) is 0 Å². The Labute approximate surface area is 107 Å². The highest BCUT2D eigenvalue weighted by Crippen LogP contribution is 2.39. The molecule has 0 saturated heterocycles. The first-order valence-corrected chi connectivity index (χ1v) is 5.83. The number of rotatable bonds is 4. The Kier molecular flexibility index (Phi) is 3.95. The van der Waals surface area contributed by atoms with E-state index < -0.39 is 27.1 Å². The molecule has 0 aliphatic carbocycles. The van der Waals surface area contributed by atoms with Gasteiger partial charge in [-0.15, -0.1) is 11.8 Å². The molecule has 0 aromatic heterocycles. The van der Waals surface area contributed by atoms with Crippen LogP contribution in [0.4, 0.5) is 10.1 Å². The number of thioether (sulfide) groups is 1. The fourth-order valence-corrected chi connectivity index (χ4v) is 2.30. The molecule has 1 aromatic carbocycles. The predicted octanol–water partition coefficient (Wildman–Crippen LogP) is 3.00. The highest BCUT2D eigenvalue weighted by atomic mass is 32.2. The molecule has 5 nitrogen and oxygen atoms in total. The van der Waals surface area contributed by atoms with Crippen LogP contribution in [0.15, 0.2) is 17.0 Å². The van der Waals surface area contributed by atoms with Gasteiger partial charge in [0.1, 0.15) is 10.6 Å². The molecule has 18 heavy (non-hydrogen) atoms. The number of carboxylic acids is 1. The van der Waals surface area contributed by atoms with Crippen molar-refractivity contribution in [1.29, 1.82) is 0 Å². The van der Waals surface area contributed by atoms with Gasteiger partial charge in [0.15, 0.2) is 0 Å². The van der Waals surface area contributed by atoms with Gasteiger partial charge in [0.2, 0.25) is 0 Å². The summed E-state index contributed by atoms with van der Waals surface area (Å²) < 4.78 is 12.1. The Bertz CT molecular complexity index is 516. The highest BCUT2D eigenvalue weighted by Gasteiger charge is 2.32. The van der Waals surface area contributed by atoms with Crippen LogP contribution in [0.3, 0.4) is 0 Å². The van der Waals surface area contributed by atoms with Gasteiger partial charge in [0.05, 0.1) is 15.9 Å². The molecule has 98 valence electrons. The average Bonchev–Trinajstić information content (AvgIpc) is 2.22. The van der Waals surface area contributed by atoms with Crippen molar-refractivity contribution in [1.82, 2.24) is 0 Å². The summed E-state index contributed by atoms with van der Waals surface area (Å²) in [5.74, 6) is -1.78. The summed E-state index contributed by atoms with van der Waals surface area (Å²) in [6.45, 7) is 4.34. The maximum Gasteiger partial charge on any atom is 0.319 e. The van der Waals surface area contributed by atoms with Crippen LogP contribution < -0.4 is 0 Å². The van der Waals surface area contributed by atoms with Crippen LogP contribution in [0.5, 0.6) is 0 Å². The van der Waals surface area contributed by atoms with Crippen molar-refractivity contribution < 1.29 is 19.2 Å². The number of carbonyl (C=O) groups is 1. The third-order valence-electron chi connectivity index (χ3n) is 2.32. The smallest absolute Gasteiger partial charge is 0.319 e. The lowest BCUT2D eigenvalue weighted by atomic mass is 10.2. The molecule has 1 rings (SSSR count). The highest BCUT2D eigenvalue weighted by molar-refractivity contribution is 8.01. The number of hydrogen-bond acceptors (Lipinski definition) is 4. The van der Waals surface area contributed by atoms with Crippen molar-refractivity contribution in [3.8, 4) is 0 Å². The van der Waals surface area contributed by atoms with Crippen molar-refractivity contribution >= 4 is 23.4 Å². The molecule has 0 bridgehead atoms. The standard InChI is InChI=1S/C11H12FNO4S/c1-6-4-9(18-11(2,3)10(14)15)8(13(16)17)5-7(6)12/h4-5H,1-3H3,(H,14,15). The van der Waals surface area contributed by atoms with E-state index in [0.717, 1.165) is 17.8 Å². The van der Waals surface area contributed by atoms with Gasteiger partial charge in [0, 0.05) is 0 Å². The molecule has 0 radical (unpaired) electrons. The molecule has 0 amide bonds. The minimum Gasteiger partial charge on any atom is -0.480 e. The summed E-state index contributed by atoms with van der Waals surface area (Å²) in [4.78, 5) is 21.2. The van der Waals surface area contributed by atoms with Crippen LogP contribution in [0.1, 0.15) is 19.4 Å². The van der Waals surface area contributed by atoms with Crippen LogP contribution >= 0.6 is 11.8 Å². The summed E-state index contributed by atoms with van der Waals surface area (Å²) in [7, 11) is 0. The quantitative estimate of drug-likeness (QED) is 0.518. The number of nitrogens with zero attached hydrogens (tertiary/aromatic N) is 1. The molecule has 0 fully saturated rings. The Morgan fingerprint density at radius 3 is 2.50 bits per heavy atom. The number of nitro benzene ring substituents is 1.